The van der Waals surface area contributed by atoms with Gasteiger partial charge in [0.1, 0.15) is 6.07 Å². The fraction of sp³-hybridized carbons (Fsp3) is 0.0526. The highest BCUT2D eigenvalue weighted by molar-refractivity contribution is 6.31. The van der Waals surface area contributed by atoms with Gasteiger partial charge >= 0.3 is 0 Å². The van der Waals surface area contributed by atoms with Crippen molar-refractivity contribution in [2.24, 2.45) is 0 Å². The third-order valence-electron chi connectivity index (χ3n) is 3.61. The molecule has 2 N–H and O–H groups in total. The minimum atomic E-state index is -0.248. The minimum Gasteiger partial charge on any atom is -0.376 e. The topological polar surface area (TPSA) is 64.9 Å². The molecule has 0 aliphatic heterocycles. The molecular weight excluding hydrogens is 322 g/mol. The van der Waals surface area contributed by atoms with Gasteiger partial charge in [0.15, 0.2) is 0 Å². The van der Waals surface area contributed by atoms with Crippen LogP contribution in [0.15, 0.2) is 60.7 Å². The smallest absolute Gasteiger partial charge is 0.243 e. The second kappa shape index (κ2) is 7.03. The molecule has 3 rings (SSSR count). The fourth-order valence-corrected chi connectivity index (χ4v) is 2.64. The first-order valence-electron chi connectivity index (χ1n) is 7.38. The first kappa shape index (κ1) is 15.9. The molecule has 4 nitrogen and oxygen atoms in total. The number of nitriles is 1. The second-order valence-corrected chi connectivity index (χ2v) is 5.67. The van der Waals surface area contributed by atoms with Gasteiger partial charge in [0.2, 0.25) is 5.91 Å². The SMILES string of the molecule is N#Cc1ccc(Cl)cc1NC(=O)CNc1cccc2ccccc12. The van der Waals surface area contributed by atoms with Crippen molar-refractivity contribution < 1.29 is 4.79 Å². The summed E-state index contributed by atoms with van der Waals surface area (Å²) in [7, 11) is 0. The van der Waals surface area contributed by atoms with Gasteiger partial charge in [0.05, 0.1) is 17.8 Å². The molecule has 0 aromatic heterocycles. The Hall–Kier alpha value is -3.03. The van der Waals surface area contributed by atoms with Crippen LogP contribution >= 0.6 is 11.6 Å². The molecule has 5 heteroatoms. The maximum absolute atomic E-state index is 12.2. The highest BCUT2D eigenvalue weighted by Gasteiger charge is 2.08. The lowest BCUT2D eigenvalue weighted by atomic mass is 10.1. The predicted molar refractivity (Wildman–Crippen MR) is 97.2 cm³/mol. The number of amides is 1. The van der Waals surface area contributed by atoms with E-state index in [2.05, 4.69) is 10.6 Å². The van der Waals surface area contributed by atoms with Crippen LogP contribution in [0.25, 0.3) is 10.8 Å². The number of hydrogen-bond acceptors (Lipinski definition) is 3. The van der Waals surface area contributed by atoms with Crippen LogP contribution in [0.3, 0.4) is 0 Å². The van der Waals surface area contributed by atoms with E-state index in [1.807, 2.05) is 48.5 Å². The molecule has 1 amide bonds. The Morgan fingerprint density at radius 2 is 1.83 bits per heavy atom. The molecule has 0 bridgehead atoms. The molecule has 0 aliphatic carbocycles. The quantitative estimate of drug-likeness (QED) is 0.742. The van der Waals surface area contributed by atoms with E-state index in [-0.39, 0.29) is 12.5 Å². The van der Waals surface area contributed by atoms with Crippen LogP contribution in [0.1, 0.15) is 5.56 Å². The van der Waals surface area contributed by atoms with Crippen LogP contribution in [0.4, 0.5) is 11.4 Å². The summed E-state index contributed by atoms with van der Waals surface area (Å²) >= 11 is 5.92. The van der Waals surface area contributed by atoms with Crippen molar-refractivity contribution in [2.75, 3.05) is 17.2 Å². The summed E-state index contributed by atoms with van der Waals surface area (Å²) in [5.41, 5.74) is 1.67. The first-order chi connectivity index (χ1) is 11.7. The Morgan fingerprint density at radius 3 is 2.67 bits per heavy atom. The van der Waals surface area contributed by atoms with E-state index < -0.39 is 0 Å². The Labute approximate surface area is 144 Å². The number of nitrogens with one attached hydrogen (secondary N) is 2. The van der Waals surface area contributed by atoms with Crippen LogP contribution in [0.5, 0.6) is 0 Å². The normalized spacial score (nSPS) is 10.2. The average Bonchev–Trinajstić information content (AvgIpc) is 2.60. The maximum atomic E-state index is 12.2. The molecule has 118 valence electrons. The highest BCUT2D eigenvalue weighted by Crippen LogP contribution is 2.23. The van der Waals surface area contributed by atoms with Gasteiger partial charge in [0.25, 0.3) is 0 Å². The molecular formula is C19H14ClN3O. The summed E-state index contributed by atoms with van der Waals surface area (Å²) in [6.45, 7) is 0.0887. The summed E-state index contributed by atoms with van der Waals surface area (Å²) in [4.78, 5) is 12.2. The number of carbonyl (C=O) groups excluding carboxylic acids is 1. The maximum Gasteiger partial charge on any atom is 0.243 e. The van der Waals surface area contributed by atoms with Crippen molar-refractivity contribution in [1.82, 2.24) is 0 Å². The van der Waals surface area contributed by atoms with Crippen LogP contribution in [-0.4, -0.2) is 12.5 Å². The van der Waals surface area contributed by atoms with Gasteiger partial charge in [0, 0.05) is 16.1 Å². The molecule has 0 unspecified atom stereocenters. The number of rotatable bonds is 4. The van der Waals surface area contributed by atoms with E-state index in [0.717, 1.165) is 16.5 Å². The molecule has 0 fully saturated rings. The van der Waals surface area contributed by atoms with Crippen molar-refractivity contribution >= 4 is 39.7 Å². The fourth-order valence-electron chi connectivity index (χ4n) is 2.47. The number of nitrogens with zero attached hydrogens (tertiary/aromatic N) is 1. The number of halogens is 1. The zero-order chi connectivity index (χ0) is 16.9. The Balaban J connectivity index is 1.72. The van der Waals surface area contributed by atoms with Gasteiger partial charge in [-0.15, -0.1) is 0 Å². The molecule has 0 heterocycles. The number of carbonyl (C=O) groups is 1. The van der Waals surface area contributed by atoms with E-state index in [1.54, 1.807) is 18.2 Å². The zero-order valence-electron chi connectivity index (χ0n) is 12.7. The van der Waals surface area contributed by atoms with Gasteiger partial charge in [-0.2, -0.15) is 5.26 Å². The standard InChI is InChI=1S/C19H14ClN3O/c20-15-9-8-14(11-21)18(10-15)23-19(24)12-22-17-7-3-5-13-4-1-2-6-16(13)17/h1-10,22H,12H2,(H,23,24). The van der Waals surface area contributed by atoms with Crippen molar-refractivity contribution in [1.29, 1.82) is 5.26 Å². The molecule has 0 saturated carbocycles. The van der Waals surface area contributed by atoms with Crippen molar-refractivity contribution in [3.8, 4) is 6.07 Å². The lowest BCUT2D eigenvalue weighted by Gasteiger charge is -2.11. The van der Waals surface area contributed by atoms with Crippen LogP contribution in [0, 0.1) is 11.3 Å². The van der Waals surface area contributed by atoms with Gasteiger partial charge < -0.3 is 10.6 Å². The monoisotopic (exact) mass is 335 g/mol. The largest absolute Gasteiger partial charge is 0.376 e. The third kappa shape index (κ3) is 3.48. The van der Waals surface area contributed by atoms with Crippen LogP contribution in [0.2, 0.25) is 5.02 Å². The lowest BCUT2D eigenvalue weighted by molar-refractivity contribution is -0.114. The van der Waals surface area contributed by atoms with E-state index in [4.69, 9.17) is 16.9 Å². The molecule has 3 aromatic rings. The number of anilines is 2. The Kier molecular flexibility index (Phi) is 4.64. The Bertz CT molecular complexity index is 941. The van der Waals surface area contributed by atoms with Gasteiger partial charge in [-0.25, -0.2) is 0 Å². The van der Waals surface area contributed by atoms with E-state index >= 15 is 0 Å². The third-order valence-corrected chi connectivity index (χ3v) is 3.84. The van der Waals surface area contributed by atoms with Crippen molar-refractivity contribution in [3.63, 3.8) is 0 Å². The molecule has 0 aliphatic rings. The van der Waals surface area contributed by atoms with E-state index in [0.29, 0.717) is 16.3 Å². The number of hydrogen-bond donors (Lipinski definition) is 2. The highest BCUT2D eigenvalue weighted by atomic mass is 35.5. The zero-order valence-corrected chi connectivity index (χ0v) is 13.5. The first-order valence-corrected chi connectivity index (χ1v) is 7.76. The molecule has 24 heavy (non-hydrogen) atoms. The van der Waals surface area contributed by atoms with E-state index in [9.17, 15) is 4.79 Å². The lowest BCUT2D eigenvalue weighted by Crippen LogP contribution is -2.22. The molecule has 0 radical (unpaired) electrons. The molecule has 0 spiro atoms. The average molecular weight is 336 g/mol. The summed E-state index contributed by atoms with van der Waals surface area (Å²) in [6.07, 6.45) is 0. The second-order valence-electron chi connectivity index (χ2n) is 5.23. The minimum absolute atomic E-state index is 0.0887. The predicted octanol–water partition coefficient (Wildman–Crippen LogP) is 4.42. The molecule has 0 atom stereocenters. The van der Waals surface area contributed by atoms with Crippen molar-refractivity contribution in [3.05, 3.63) is 71.2 Å². The van der Waals surface area contributed by atoms with Gasteiger partial charge in [-0.3, -0.25) is 4.79 Å². The number of benzene rings is 3. The van der Waals surface area contributed by atoms with E-state index in [1.165, 1.54) is 0 Å². The molecule has 3 aromatic carbocycles. The van der Waals surface area contributed by atoms with Crippen molar-refractivity contribution in [2.45, 2.75) is 0 Å². The van der Waals surface area contributed by atoms with Crippen LogP contribution < -0.4 is 10.6 Å². The van der Waals surface area contributed by atoms with Gasteiger partial charge in [-0.1, -0.05) is 48.0 Å². The molecule has 0 saturated heterocycles. The van der Waals surface area contributed by atoms with Gasteiger partial charge in [-0.05, 0) is 29.7 Å². The number of fused-ring (bicyclic) bond motifs is 1. The summed E-state index contributed by atoms with van der Waals surface area (Å²) in [5.74, 6) is -0.248. The summed E-state index contributed by atoms with van der Waals surface area (Å²) < 4.78 is 0. The van der Waals surface area contributed by atoms with Crippen LogP contribution in [-0.2, 0) is 4.79 Å². The summed E-state index contributed by atoms with van der Waals surface area (Å²) in [6, 6.07) is 20.6. The Morgan fingerprint density at radius 1 is 1.04 bits per heavy atom. The summed E-state index contributed by atoms with van der Waals surface area (Å²) in [5, 5.41) is 17.5.